The van der Waals surface area contributed by atoms with E-state index in [2.05, 4.69) is 50.0 Å². The number of benzene rings is 2. The van der Waals surface area contributed by atoms with E-state index in [0.717, 1.165) is 34.2 Å². The molecule has 1 amide bonds. The molecule has 210 valence electrons. The second kappa shape index (κ2) is 11.8. The Labute approximate surface area is 250 Å². The number of para-hydroxylation sites is 1. The van der Waals surface area contributed by atoms with E-state index in [-0.39, 0.29) is 24.6 Å². The van der Waals surface area contributed by atoms with Gasteiger partial charge >= 0.3 is 0 Å². The first-order valence-electron chi connectivity index (χ1n) is 13.7. The van der Waals surface area contributed by atoms with Crippen LogP contribution in [-0.2, 0) is 4.79 Å². The molecule has 1 fully saturated rings. The highest BCUT2D eigenvalue weighted by molar-refractivity contribution is 7.80. The molecule has 3 aromatic heterocycles. The number of nitrogens with zero attached hydrogens (tertiary/aromatic N) is 4. The number of aromatic nitrogens is 3. The first-order chi connectivity index (χ1) is 20.5. The quantitative estimate of drug-likeness (QED) is 0.217. The zero-order valence-electron chi connectivity index (χ0n) is 23.3. The molecule has 2 aromatic carbocycles. The van der Waals surface area contributed by atoms with E-state index in [1.165, 1.54) is 0 Å². The normalized spacial score (nSPS) is 16.2. The maximum absolute atomic E-state index is 12.5. The summed E-state index contributed by atoms with van der Waals surface area (Å²) in [6.45, 7) is 4.12. The second-order valence-electron chi connectivity index (χ2n) is 10.0. The SMILES string of the molecule is Cc1cc([C@H]2[C@H](c3ccccn3)NC(=S)N2c2ccc(NC(=O)COc3ccccc3)cc2)c(C)n1-c1ccccn1. The highest BCUT2D eigenvalue weighted by atomic mass is 32.1. The molecule has 0 aliphatic carbocycles. The van der Waals surface area contributed by atoms with Gasteiger partial charge in [0.15, 0.2) is 11.7 Å². The van der Waals surface area contributed by atoms with Crippen molar-refractivity contribution in [2.45, 2.75) is 25.9 Å². The summed E-state index contributed by atoms with van der Waals surface area (Å²) in [4.78, 5) is 23.9. The predicted molar refractivity (Wildman–Crippen MR) is 168 cm³/mol. The first-order valence-corrected chi connectivity index (χ1v) is 14.1. The number of hydrogen-bond donors (Lipinski definition) is 2. The van der Waals surface area contributed by atoms with Crippen LogP contribution in [0.5, 0.6) is 5.75 Å². The van der Waals surface area contributed by atoms with Crippen LogP contribution in [0.25, 0.3) is 5.82 Å². The zero-order valence-corrected chi connectivity index (χ0v) is 24.1. The molecule has 1 aliphatic heterocycles. The number of rotatable bonds is 8. The average Bonchev–Trinajstić information content (AvgIpc) is 3.52. The highest BCUT2D eigenvalue weighted by Crippen LogP contribution is 2.43. The summed E-state index contributed by atoms with van der Waals surface area (Å²) in [5, 5.41) is 7.03. The van der Waals surface area contributed by atoms with E-state index >= 15 is 0 Å². The minimum Gasteiger partial charge on any atom is -0.484 e. The molecule has 0 unspecified atom stereocenters. The second-order valence-corrected chi connectivity index (χ2v) is 10.4. The monoisotopic (exact) mass is 574 g/mol. The molecule has 6 rings (SSSR count). The van der Waals surface area contributed by atoms with Crippen LogP contribution in [0.15, 0.2) is 109 Å². The molecule has 0 spiro atoms. The number of ether oxygens (including phenoxy) is 1. The van der Waals surface area contributed by atoms with E-state index in [0.29, 0.717) is 16.5 Å². The molecule has 1 saturated heterocycles. The lowest BCUT2D eigenvalue weighted by molar-refractivity contribution is -0.118. The van der Waals surface area contributed by atoms with Gasteiger partial charge in [-0.05, 0) is 98.4 Å². The van der Waals surface area contributed by atoms with Gasteiger partial charge in [-0.3, -0.25) is 9.78 Å². The summed E-state index contributed by atoms with van der Waals surface area (Å²) in [6, 6.07) is 30.6. The Morgan fingerprint density at radius 1 is 0.929 bits per heavy atom. The minimum atomic E-state index is -0.236. The lowest BCUT2D eigenvalue weighted by Gasteiger charge is -2.28. The molecule has 0 bridgehead atoms. The predicted octanol–water partition coefficient (Wildman–Crippen LogP) is 6.08. The van der Waals surface area contributed by atoms with Crippen molar-refractivity contribution in [1.82, 2.24) is 19.9 Å². The Hall–Kier alpha value is -5.02. The Balaban J connectivity index is 1.30. The van der Waals surface area contributed by atoms with Crippen molar-refractivity contribution < 1.29 is 9.53 Å². The van der Waals surface area contributed by atoms with E-state index in [4.69, 9.17) is 17.0 Å². The van der Waals surface area contributed by atoms with Crippen LogP contribution in [0.3, 0.4) is 0 Å². The number of carbonyl (C=O) groups is 1. The number of nitrogens with one attached hydrogen (secondary N) is 2. The fraction of sp³-hybridized carbons (Fsp3) is 0.152. The Morgan fingerprint density at radius 3 is 2.33 bits per heavy atom. The Morgan fingerprint density at radius 2 is 1.64 bits per heavy atom. The number of aryl methyl sites for hydroxylation is 1. The Bertz CT molecular complexity index is 1690. The van der Waals surface area contributed by atoms with Gasteiger partial charge in [0.1, 0.15) is 11.6 Å². The van der Waals surface area contributed by atoms with Crippen molar-refractivity contribution in [3.05, 3.63) is 132 Å². The average molecular weight is 575 g/mol. The molecule has 5 aromatic rings. The lowest BCUT2D eigenvalue weighted by Crippen LogP contribution is -2.29. The fourth-order valence-electron chi connectivity index (χ4n) is 5.44. The summed E-state index contributed by atoms with van der Waals surface area (Å²) in [5.41, 5.74) is 5.75. The maximum Gasteiger partial charge on any atom is 0.262 e. The van der Waals surface area contributed by atoms with Crippen LogP contribution in [0, 0.1) is 13.8 Å². The molecule has 2 N–H and O–H groups in total. The molecule has 2 atom stereocenters. The molecule has 4 heterocycles. The molecule has 1 aliphatic rings. The van der Waals surface area contributed by atoms with E-state index in [1.807, 2.05) is 91.0 Å². The van der Waals surface area contributed by atoms with E-state index in [1.54, 1.807) is 12.4 Å². The van der Waals surface area contributed by atoms with Gasteiger partial charge in [0, 0.05) is 35.2 Å². The van der Waals surface area contributed by atoms with Gasteiger partial charge in [0.05, 0.1) is 17.8 Å². The number of pyridine rings is 2. The third-order valence-electron chi connectivity index (χ3n) is 7.31. The summed E-state index contributed by atoms with van der Waals surface area (Å²) < 4.78 is 7.74. The number of amides is 1. The van der Waals surface area contributed by atoms with Gasteiger partial charge in [-0.25, -0.2) is 4.98 Å². The molecular formula is C33H30N6O2S. The maximum atomic E-state index is 12.5. The van der Waals surface area contributed by atoms with Crippen molar-refractivity contribution in [2.24, 2.45) is 0 Å². The van der Waals surface area contributed by atoms with E-state index < -0.39 is 0 Å². The van der Waals surface area contributed by atoms with Crippen LogP contribution < -0.4 is 20.3 Å². The summed E-state index contributed by atoms with van der Waals surface area (Å²) >= 11 is 5.92. The number of carbonyl (C=O) groups excluding carboxylic acids is 1. The smallest absolute Gasteiger partial charge is 0.262 e. The van der Waals surface area contributed by atoms with Gasteiger partial charge in [-0.2, -0.15) is 0 Å². The van der Waals surface area contributed by atoms with Gasteiger partial charge in [-0.15, -0.1) is 0 Å². The summed E-state index contributed by atoms with van der Waals surface area (Å²) in [5.74, 6) is 1.28. The number of hydrogen-bond acceptors (Lipinski definition) is 5. The summed E-state index contributed by atoms with van der Waals surface area (Å²) in [6.07, 6.45) is 3.60. The topological polar surface area (TPSA) is 84.3 Å². The van der Waals surface area contributed by atoms with Crippen LogP contribution in [0.4, 0.5) is 11.4 Å². The highest BCUT2D eigenvalue weighted by Gasteiger charge is 2.42. The van der Waals surface area contributed by atoms with Crippen LogP contribution in [-0.4, -0.2) is 32.2 Å². The number of thiocarbonyl (C=S) groups is 1. The Kier molecular flexibility index (Phi) is 7.66. The third kappa shape index (κ3) is 5.46. The molecule has 42 heavy (non-hydrogen) atoms. The van der Waals surface area contributed by atoms with Crippen molar-refractivity contribution in [3.8, 4) is 11.6 Å². The van der Waals surface area contributed by atoms with Crippen LogP contribution in [0.1, 0.15) is 34.7 Å². The third-order valence-corrected chi connectivity index (χ3v) is 7.62. The fourth-order valence-corrected chi connectivity index (χ4v) is 5.79. The van der Waals surface area contributed by atoms with Crippen molar-refractivity contribution in [3.63, 3.8) is 0 Å². The zero-order chi connectivity index (χ0) is 29.1. The van der Waals surface area contributed by atoms with Crippen molar-refractivity contribution >= 4 is 34.6 Å². The largest absolute Gasteiger partial charge is 0.484 e. The van der Waals surface area contributed by atoms with Gasteiger partial charge in [0.25, 0.3) is 5.91 Å². The minimum absolute atomic E-state index is 0.0778. The van der Waals surface area contributed by atoms with Crippen molar-refractivity contribution in [1.29, 1.82) is 0 Å². The molecule has 0 saturated carbocycles. The van der Waals surface area contributed by atoms with Crippen molar-refractivity contribution in [2.75, 3.05) is 16.8 Å². The van der Waals surface area contributed by atoms with Crippen LogP contribution in [0.2, 0.25) is 0 Å². The van der Waals surface area contributed by atoms with Gasteiger partial charge in [0.2, 0.25) is 0 Å². The standard InChI is InChI=1S/C33H30N6O2S/c1-22-20-27(23(2)38(22)29-13-7-9-19-35-29)32-31(28-12-6-8-18-34-28)37-33(42)39(32)25-16-14-24(15-17-25)36-30(40)21-41-26-10-4-3-5-11-26/h3-20,31-32H,21H2,1-2H3,(H,36,40)(H,37,42)/t31-,32-/m0/s1. The molecular weight excluding hydrogens is 544 g/mol. The van der Waals surface area contributed by atoms with Crippen LogP contribution >= 0.6 is 12.2 Å². The van der Waals surface area contributed by atoms with Gasteiger partial charge in [-0.1, -0.05) is 30.3 Å². The number of anilines is 2. The molecule has 8 nitrogen and oxygen atoms in total. The lowest BCUT2D eigenvalue weighted by atomic mass is 9.96. The first kappa shape index (κ1) is 27.2. The van der Waals surface area contributed by atoms with E-state index in [9.17, 15) is 4.79 Å². The van der Waals surface area contributed by atoms with Gasteiger partial charge < -0.3 is 24.8 Å². The molecule has 9 heteroatoms. The molecule has 0 radical (unpaired) electrons. The summed E-state index contributed by atoms with van der Waals surface area (Å²) in [7, 11) is 0.